The number of rotatable bonds is 1. The number of para-hydroxylation sites is 1. The predicted molar refractivity (Wildman–Crippen MR) is 73.4 cm³/mol. The van der Waals surface area contributed by atoms with Crippen molar-refractivity contribution in [2.24, 2.45) is 0 Å². The summed E-state index contributed by atoms with van der Waals surface area (Å²) in [6.45, 7) is 0. The SMILES string of the molecule is Nc1ccccc1-c1c(N)ccc(Br)c1Cl. The molecule has 0 aliphatic rings. The minimum Gasteiger partial charge on any atom is -0.398 e. The molecule has 0 fully saturated rings. The van der Waals surface area contributed by atoms with E-state index in [-0.39, 0.29) is 0 Å². The van der Waals surface area contributed by atoms with Crippen LogP contribution in [0.4, 0.5) is 11.4 Å². The number of hydrogen-bond acceptors (Lipinski definition) is 2. The minimum atomic E-state index is 0.581. The van der Waals surface area contributed by atoms with Crippen molar-refractivity contribution in [1.82, 2.24) is 0 Å². The smallest absolute Gasteiger partial charge is 0.0647 e. The molecule has 0 amide bonds. The van der Waals surface area contributed by atoms with E-state index in [0.717, 1.165) is 15.6 Å². The van der Waals surface area contributed by atoms with Crippen LogP contribution in [0.3, 0.4) is 0 Å². The first kappa shape index (κ1) is 11.3. The molecule has 16 heavy (non-hydrogen) atoms. The zero-order valence-corrected chi connectivity index (χ0v) is 10.7. The Labute approximate surface area is 107 Å². The van der Waals surface area contributed by atoms with Crippen LogP contribution in [0.1, 0.15) is 0 Å². The molecule has 0 unspecified atom stereocenters. The number of nitrogen functional groups attached to an aromatic ring is 2. The fraction of sp³-hybridized carbons (Fsp3) is 0. The quantitative estimate of drug-likeness (QED) is 0.784. The van der Waals surface area contributed by atoms with Gasteiger partial charge in [0.25, 0.3) is 0 Å². The highest BCUT2D eigenvalue weighted by Crippen LogP contribution is 2.40. The van der Waals surface area contributed by atoms with Crippen molar-refractivity contribution in [3.05, 3.63) is 45.9 Å². The summed E-state index contributed by atoms with van der Waals surface area (Å²) in [6, 6.07) is 11.1. The molecule has 0 saturated heterocycles. The lowest BCUT2D eigenvalue weighted by molar-refractivity contribution is 1.58. The van der Waals surface area contributed by atoms with Crippen molar-refractivity contribution in [2.75, 3.05) is 11.5 Å². The van der Waals surface area contributed by atoms with Gasteiger partial charge in [0.15, 0.2) is 0 Å². The van der Waals surface area contributed by atoms with Gasteiger partial charge in [-0.05, 0) is 34.1 Å². The summed E-state index contributed by atoms with van der Waals surface area (Å²) in [5.74, 6) is 0. The molecule has 4 N–H and O–H groups in total. The number of halogens is 2. The van der Waals surface area contributed by atoms with Gasteiger partial charge in [-0.1, -0.05) is 29.8 Å². The highest BCUT2D eigenvalue weighted by Gasteiger charge is 2.12. The molecule has 0 aliphatic carbocycles. The molecule has 4 heteroatoms. The van der Waals surface area contributed by atoms with Crippen LogP contribution in [0, 0.1) is 0 Å². The number of hydrogen-bond donors (Lipinski definition) is 2. The Morgan fingerprint density at radius 3 is 2.31 bits per heavy atom. The van der Waals surface area contributed by atoms with Crippen molar-refractivity contribution < 1.29 is 0 Å². The van der Waals surface area contributed by atoms with Gasteiger partial charge >= 0.3 is 0 Å². The lowest BCUT2D eigenvalue weighted by Gasteiger charge is -2.11. The molecule has 0 spiro atoms. The summed E-state index contributed by atoms with van der Waals surface area (Å²) in [6.07, 6.45) is 0. The number of benzene rings is 2. The summed E-state index contributed by atoms with van der Waals surface area (Å²) in [5, 5.41) is 0.581. The topological polar surface area (TPSA) is 52.0 Å². The maximum Gasteiger partial charge on any atom is 0.0647 e. The van der Waals surface area contributed by atoms with Crippen molar-refractivity contribution in [1.29, 1.82) is 0 Å². The van der Waals surface area contributed by atoms with E-state index in [1.807, 2.05) is 30.3 Å². The lowest BCUT2D eigenvalue weighted by Crippen LogP contribution is -1.95. The van der Waals surface area contributed by atoms with Gasteiger partial charge in [0.05, 0.1) is 5.02 Å². The second-order valence-corrected chi connectivity index (χ2v) is 4.65. The standard InChI is InChI=1S/C12H10BrClN2/c13-8-5-6-10(16)11(12(8)14)7-3-1-2-4-9(7)15/h1-6H,15-16H2. The van der Waals surface area contributed by atoms with Crippen LogP contribution < -0.4 is 11.5 Å². The van der Waals surface area contributed by atoms with Gasteiger partial charge in [0.2, 0.25) is 0 Å². The first-order valence-electron chi connectivity index (χ1n) is 4.69. The second kappa shape index (κ2) is 4.36. The first-order chi connectivity index (χ1) is 7.61. The molecule has 0 bridgehead atoms. The summed E-state index contributed by atoms with van der Waals surface area (Å²) in [7, 11) is 0. The third-order valence-corrected chi connectivity index (χ3v) is 3.64. The molecule has 0 heterocycles. The van der Waals surface area contributed by atoms with Gasteiger partial charge < -0.3 is 11.5 Å². The van der Waals surface area contributed by atoms with E-state index >= 15 is 0 Å². The molecule has 0 atom stereocenters. The Morgan fingerprint density at radius 1 is 0.938 bits per heavy atom. The monoisotopic (exact) mass is 296 g/mol. The summed E-state index contributed by atoms with van der Waals surface area (Å²) >= 11 is 9.60. The fourth-order valence-corrected chi connectivity index (χ4v) is 2.17. The maximum atomic E-state index is 6.22. The van der Waals surface area contributed by atoms with E-state index in [0.29, 0.717) is 16.4 Å². The normalized spacial score (nSPS) is 10.4. The van der Waals surface area contributed by atoms with E-state index in [1.165, 1.54) is 0 Å². The van der Waals surface area contributed by atoms with E-state index in [2.05, 4.69) is 15.9 Å². The van der Waals surface area contributed by atoms with Gasteiger partial charge in [-0.15, -0.1) is 0 Å². The van der Waals surface area contributed by atoms with E-state index < -0.39 is 0 Å². The van der Waals surface area contributed by atoms with Crippen LogP contribution in [-0.4, -0.2) is 0 Å². The zero-order valence-electron chi connectivity index (χ0n) is 8.37. The van der Waals surface area contributed by atoms with Crippen LogP contribution in [0.5, 0.6) is 0 Å². The van der Waals surface area contributed by atoms with E-state index in [1.54, 1.807) is 6.07 Å². The van der Waals surface area contributed by atoms with Gasteiger partial charge in [0.1, 0.15) is 0 Å². The summed E-state index contributed by atoms with van der Waals surface area (Å²) < 4.78 is 0.807. The second-order valence-electron chi connectivity index (χ2n) is 3.41. The third-order valence-electron chi connectivity index (χ3n) is 2.36. The van der Waals surface area contributed by atoms with Crippen LogP contribution in [0.2, 0.25) is 5.02 Å². The Bertz CT molecular complexity index is 541. The fourth-order valence-electron chi connectivity index (χ4n) is 1.56. The Morgan fingerprint density at radius 2 is 1.62 bits per heavy atom. The molecule has 0 aromatic heterocycles. The minimum absolute atomic E-state index is 0.581. The highest BCUT2D eigenvalue weighted by molar-refractivity contribution is 9.10. The lowest BCUT2D eigenvalue weighted by atomic mass is 10.0. The van der Waals surface area contributed by atoms with Crippen molar-refractivity contribution in [3.63, 3.8) is 0 Å². The van der Waals surface area contributed by atoms with Gasteiger partial charge in [-0.25, -0.2) is 0 Å². The van der Waals surface area contributed by atoms with Gasteiger partial charge in [-0.2, -0.15) is 0 Å². The molecule has 2 rings (SSSR count). The molecule has 82 valence electrons. The number of anilines is 2. The molecular formula is C12H10BrClN2. The molecule has 0 saturated carbocycles. The van der Waals surface area contributed by atoms with Crippen LogP contribution in [-0.2, 0) is 0 Å². The molecule has 0 aliphatic heterocycles. The number of nitrogens with two attached hydrogens (primary N) is 2. The molecule has 2 aromatic rings. The molecular weight excluding hydrogens is 288 g/mol. The predicted octanol–water partition coefficient (Wildman–Crippen LogP) is 3.93. The summed E-state index contributed by atoms with van der Waals surface area (Å²) in [4.78, 5) is 0. The van der Waals surface area contributed by atoms with Crippen LogP contribution in [0.25, 0.3) is 11.1 Å². The molecule has 0 radical (unpaired) electrons. The zero-order chi connectivity index (χ0) is 11.7. The van der Waals surface area contributed by atoms with Crippen molar-refractivity contribution >= 4 is 38.9 Å². The highest BCUT2D eigenvalue weighted by atomic mass is 79.9. The van der Waals surface area contributed by atoms with Crippen LogP contribution >= 0.6 is 27.5 Å². The van der Waals surface area contributed by atoms with Gasteiger partial charge in [-0.3, -0.25) is 0 Å². The van der Waals surface area contributed by atoms with Crippen molar-refractivity contribution in [2.45, 2.75) is 0 Å². The van der Waals surface area contributed by atoms with Gasteiger partial charge in [0, 0.05) is 27.0 Å². The van der Waals surface area contributed by atoms with Crippen molar-refractivity contribution in [3.8, 4) is 11.1 Å². The molecule has 2 aromatic carbocycles. The molecule has 2 nitrogen and oxygen atoms in total. The maximum absolute atomic E-state index is 6.22. The third kappa shape index (κ3) is 1.88. The Balaban J connectivity index is 2.74. The average molecular weight is 298 g/mol. The summed E-state index contributed by atoms with van der Waals surface area (Å²) in [5.41, 5.74) is 14.7. The average Bonchev–Trinajstić information content (AvgIpc) is 2.27. The van der Waals surface area contributed by atoms with Crippen LogP contribution in [0.15, 0.2) is 40.9 Å². The Hall–Kier alpha value is -1.19. The Kier molecular flexibility index (Phi) is 3.08. The van der Waals surface area contributed by atoms with E-state index in [9.17, 15) is 0 Å². The first-order valence-corrected chi connectivity index (χ1v) is 5.86. The largest absolute Gasteiger partial charge is 0.398 e. The van der Waals surface area contributed by atoms with E-state index in [4.69, 9.17) is 23.1 Å².